The van der Waals surface area contributed by atoms with E-state index in [0.29, 0.717) is 11.1 Å². The van der Waals surface area contributed by atoms with Gasteiger partial charge in [0.2, 0.25) is 0 Å². The van der Waals surface area contributed by atoms with Crippen LogP contribution in [0.3, 0.4) is 0 Å². The Hall–Kier alpha value is -0.490. The standard InChI is InChI=1S/C12H14ClIN2O/c13-8-5-6-11(10(14)7-8)16-12(17)15-9-3-1-2-4-9/h5-7,9H,1-4H2,(H2,15,16,17). The van der Waals surface area contributed by atoms with Crippen molar-refractivity contribution in [2.24, 2.45) is 0 Å². The minimum atomic E-state index is -0.128. The number of nitrogens with one attached hydrogen (secondary N) is 2. The molecule has 17 heavy (non-hydrogen) atoms. The first-order chi connectivity index (χ1) is 8.15. The van der Waals surface area contributed by atoms with Crippen LogP contribution in [-0.2, 0) is 0 Å². The Balaban J connectivity index is 1.93. The van der Waals surface area contributed by atoms with Gasteiger partial charge in [-0.2, -0.15) is 0 Å². The maximum absolute atomic E-state index is 11.7. The third-order valence-electron chi connectivity index (χ3n) is 2.87. The Morgan fingerprint density at radius 1 is 1.35 bits per heavy atom. The average Bonchev–Trinajstić information content (AvgIpc) is 2.75. The molecule has 0 heterocycles. The lowest BCUT2D eigenvalue weighted by Crippen LogP contribution is -2.36. The molecule has 0 radical (unpaired) electrons. The molecule has 0 saturated heterocycles. The number of halogens is 2. The first kappa shape index (κ1) is 13.0. The van der Waals surface area contributed by atoms with E-state index in [9.17, 15) is 4.79 Å². The van der Waals surface area contributed by atoms with Crippen LogP contribution >= 0.6 is 34.2 Å². The molecule has 92 valence electrons. The number of anilines is 1. The molecule has 1 aliphatic carbocycles. The van der Waals surface area contributed by atoms with Gasteiger partial charge in [0.1, 0.15) is 0 Å². The molecule has 1 aromatic rings. The molecule has 0 spiro atoms. The summed E-state index contributed by atoms with van der Waals surface area (Å²) >= 11 is 8.01. The van der Waals surface area contributed by atoms with E-state index in [-0.39, 0.29) is 6.03 Å². The van der Waals surface area contributed by atoms with Crippen LogP contribution < -0.4 is 10.6 Å². The van der Waals surface area contributed by atoms with Crippen molar-refractivity contribution in [3.63, 3.8) is 0 Å². The Labute approximate surface area is 119 Å². The van der Waals surface area contributed by atoms with Gasteiger partial charge in [-0.15, -0.1) is 0 Å². The molecule has 1 fully saturated rings. The van der Waals surface area contributed by atoms with E-state index < -0.39 is 0 Å². The fourth-order valence-corrected chi connectivity index (χ4v) is 3.01. The van der Waals surface area contributed by atoms with E-state index in [1.54, 1.807) is 6.07 Å². The maximum Gasteiger partial charge on any atom is 0.319 e. The largest absolute Gasteiger partial charge is 0.335 e. The predicted octanol–water partition coefficient (Wildman–Crippen LogP) is 4.01. The van der Waals surface area contributed by atoms with E-state index >= 15 is 0 Å². The molecule has 0 unspecified atom stereocenters. The van der Waals surface area contributed by atoms with Crippen LogP contribution in [0.1, 0.15) is 25.7 Å². The quantitative estimate of drug-likeness (QED) is 0.765. The minimum Gasteiger partial charge on any atom is -0.335 e. The molecule has 2 N–H and O–H groups in total. The van der Waals surface area contributed by atoms with Crippen molar-refractivity contribution in [3.05, 3.63) is 26.8 Å². The van der Waals surface area contributed by atoms with Gasteiger partial charge in [0.15, 0.2) is 0 Å². The van der Waals surface area contributed by atoms with Crippen molar-refractivity contribution < 1.29 is 4.79 Å². The second-order valence-electron chi connectivity index (χ2n) is 4.20. The van der Waals surface area contributed by atoms with Crippen molar-refractivity contribution in [1.82, 2.24) is 5.32 Å². The number of amides is 2. The van der Waals surface area contributed by atoms with E-state index in [4.69, 9.17) is 11.6 Å². The molecule has 0 aromatic heterocycles. The highest BCUT2D eigenvalue weighted by atomic mass is 127. The van der Waals surface area contributed by atoms with Crippen molar-refractivity contribution in [2.45, 2.75) is 31.7 Å². The summed E-state index contributed by atoms with van der Waals surface area (Å²) in [4.78, 5) is 11.7. The third kappa shape index (κ3) is 3.74. The van der Waals surface area contributed by atoms with E-state index in [1.807, 2.05) is 12.1 Å². The number of rotatable bonds is 2. The number of hydrogen-bond donors (Lipinski definition) is 2. The monoisotopic (exact) mass is 364 g/mol. The number of carbonyl (C=O) groups is 1. The molecular formula is C12H14ClIN2O. The van der Waals surface area contributed by atoms with Crippen LogP contribution in [0, 0.1) is 3.57 Å². The van der Waals surface area contributed by atoms with Crippen LogP contribution in [0.15, 0.2) is 18.2 Å². The summed E-state index contributed by atoms with van der Waals surface area (Å²) in [6, 6.07) is 5.62. The zero-order valence-corrected chi connectivity index (χ0v) is 12.2. The highest BCUT2D eigenvalue weighted by Gasteiger charge is 2.17. The summed E-state index contributed by atoms with van der Waals surface area (Å²) < 4.78 is 0.941. The van der Waals surface area contributed by atoms with Gasteiger partial charge in [-0.1, -0.05) is 24.4 Å². The fraction of sp³-hybridized carbons (Fsp3) is 0.417. The molecule has 0 atom stereocenters. The lowest BCUT2D eigenvalue weighted by molar-refractivity contribution is 0.248. The molecule has 5 heteroatoms. The Morgan fingerprint density at radius 3 is 2.71 bits per heavy atom. The van der Waals surface area contributed by atoms with Crippen LogP contribution in [0.5, 0.6) is 0 Å². The van der Waals surface area contributed by atoms with Gasteiger partial charge in [0.25, 0.3) is 0 Å². The molecule has 1 aromatic carbocycles. The lowest BCUT2D eigenvalue weighted by atomic mass is 10.2. The first-order valence-electron chi connectivity index (χ1n) is 5.68. The normalized spacial score (nSPS) is 15.9. The zero-order valence-electron chi connectivity index (χ0n) is 9.30. The molecule has 1 aliphatic rings. The summed E-state index contributed by atoms with van der Waals surface area (Å²) in [5, 5.41) is 6.51. The molecule has 3 nitrogen and oxygen atoms in total. The first-order valence-corrected chi connectivity index (χ1v) is 7.13. The highest BCUT2D eigenvalue weighted by Crippen LogP contribution is 2.22. The zero-order chi connectivity index (χ0) is 12.3. The number of carbonyl (C=O) groups excluding carboxylic acids is 1. The number of urea groups is 1. The third-order valence-corrected chi connectivity index (χ3v) is 4.00. The van der Waals surface area contributed by atoms with Crippen LogP contribution in [0.4, 0.5) is 10.5 Å². The Bertz CT molecular complexity index is 419. The highest BCUT2D eigenvalue weighted by molar-refractivity contribution is 14.1. The number of benzene rings is 1. The molecule has 0 aliphatic heterocycles. The maximum atomic E-state index is 11.7. The van der Waals surface area contributed by atoms with Gasteiger partial charge in [0, 0.05) is 14.6 Å². The SMILES string of the molecule is O=C(Nc1ccc(Cl)cc1I)NC1CCCC1. The van der Waals surface area contributed by atoms with Gasteiger partial charge >= 0.3 is 6.03 Å². The summed E-state index contributed by atoms with van der Waals surface area (Å²) in [6.45, 7) is 0. The minimum absolute atomic E-state index is 0.128. The molecule has 1 saturated carbocycles. The van der Waals surface area contributed by atoms with Crippen LogP contribution in [0.2, 0.25) is 5.02 Å². The predicted molar refractivity (Wildman–Crippen MR) is 78.6 cm³/mol. The Morgan fingerprint density at radius 2 is 2.06 bits per heavy atom. The van der Waals surface area contributed by atoms with E-state index in [1.165, 1.54) is 12.8 Å². The summed E-state index contributed by atoms with van der Waals surface area (Å²) in [5.74, 6) is 0. The molecule has 0 bridgehead atoms. The summed E-state index contributed by atoms with van der Waals surface area (Å²) in [5.41, 5.74) is 0.797. The van der Waals surface area contributed by atoms with Crippen LogP contribution in [0.25, 0.3) is 0 Å². The smallest absolute Gasteiger partial charge is 0.319 e. The fourth-order valence-electron chi connectivity index (χ4n) is 2.00. The van der Waals surface area contributed by atoms with E-state index in [0.717, 1.165) is 22.1 Å². The van der Waals surface area contributed by atoms with Crippen molar-refractivity contribution >= 4 is 45.9 Å². The van der Waals surface area contributed by atoms with E-state index in [2.05, 4.69) is 33.2 Å². The average molecular weight is 365 g/mol. The topological polar surface area (TPSA) is 41.1 Å². The molecule has 2 rings (SSSR count). The van der Waals surface area contributed by atoms with Crippen molar-refractivity contribution in [2.75, 3.05) is 5.32 Å². The molecule has 2 amide bonds. The lowest BCUT2D eigenvalue weighted by Gasteiger charge is -2.13. The van der Waals surface area contributed by atoms with Crippen molar-refractivity contribution in [1.29, 1.82) is 0 Å². The van der Waals surface area contributed by atoms with Gasteiger partial charge in [-0.3, -0.25) is 0 Å². The Kier molecular flexibility index (Phi) is 4.50. The van der Waals surface area contributed by atoms with Crippen LogP contribution in [-0.4, -0.2) is 12.1 Å². The summed E-state index contributed by atoms with van der Waals surface area (Å²) in [6.07, 6.45) is 4.60. The van der Waals surface area contributed by atoms with Crippen molar-refractivity contribution in [3.8, 4) is 0 Å². The van der Waals surface area contributed by atoms with Gasteiger partial charge in [-0.05, 0) is 53.6 Å². The number of hydrogen-bond acceptors (Lipinski definition) is 1. The second-order valence-corrected chi connectivity index (χ2v) is 5.80. The summed E-state index contributed by atoms with van der Waals surface area (Å²) in [7, 11) is 0. The van der Waals surface area contributed by atoms with Gasteiger partial charge in [0.05, 0.1) is 5.69 Å². The van der Waals surface area contributed by atoms with Gasteiger partial charge < -0.3 is 10.6 Å². The molecular weight excluding hydrogens is 351 g/mol. The van der Waals surface area contributed by atoms with Gasteiger partial charge in [-0.25, -0.2) is 4.79 Å². The second kappa shape index (κ2) is 5.91.